The van der Waals surface area contributed by atoms with Gasteiger partial charge in [-0.3, -0.25) is 4.79 Å². The summed E-state index contributed by atoms with van der Waals surface area (Å²) in [5.41, 5.74) is 0. The van der Waals surface area contributed by atoms with Gasteiger partial charge in [-0.25, -0.2) is 4.79 Å². The summed E-state index contributed by atoms with van der Waals surface area (Å²) in [7, 11) is 1.26. The van der Waals surface area contributed by atoms with Gasteiger partial charge in [0, 0.05) is 4.88 Å². The lowest BCUT2D eigenvalue weighted by molar-refractivity contribution is -0.118. The molecule has 0 aromatic carbocycles. The van der Waals surface area contributed by atoms with E-state index in [9.17, 15) is 9.59 Å². The van der Waals surface area contributed by atoms with Gasteiger partial charge in [0.25, 0.3) is 0 Å². The van der Waals surface area contributed by atoms with E-state index in [-0.39, 0.29) is 11.1 Å². The number of rotatable bonds is 4. The molecule has 0 saturated carbocycles. The summed E-state index contributed by atoms with van der Waals surface area (Å²) in [6.07, 6.45) is -0.609. The van der Waals surface area contributed by atoms with Gasteiger partial charge in [0.1, 0.15) is 6.04 Å². The molecule has 1 unspecified atom stereocenters. The van der Waals surface area contributed by atoms with E-state index in [1.165, 1.54) is 18.4 Å². The molecule has 15 heavy (non-hydrogen) atoms. The maximum absolute atomic E-state index is 11.6. The van der Waals surface area contributed by atoms with Crippen LogP contribution in [-0.4, -0.2) is 24.3 Å². The number of thiophene rings is 1. The maximum Gasteiger partial charge on any atom is 0.407 e. The Bertz CT molecular complexity index is 339. The zero-order valence-corrected chi connectivity index (χ0v) is 10.4. The van der Waals surface area contributed by atoms with Gasteiger partial charge in [-0.2, -0.15) is 0 Å². The van der Waals surface area contributed by atoms with Crippen molar-refractivity contribution in [2.24, 2.45) is 0 Å². The molecule has 1 amide bonds. The quantitative estimate of drug-likeness (QED) is 0.865. The van der Waals surface area contributed by atoms with E-state index < -0.39 is 12.1 Å². The average Bonchev–Trinajstić information content (AvgIpc) is 2.77. The molecule has 1 heterocycles. The number of nitrogens with one attached hydrogen (secondary N) is 1. The Morgan fingerprint density at radius 3 is 2.87 bits per heavy atom. The van der Waals surface area contributed by atoms with E-state index in [1.807, 2.05) is 11.4 Å². The van der Waals surface area contributed by atoms with Crippen LogP contribution >= 0.6 is 27.3 Å². The molecule has 1 aromatic heterocycles. The fourth-order valence-electron chi connectivity index (χ4n) is 1.02. The minimum Gasteiger partial charge on any atom is -0.453 e. The van der Waals surface area contributed by atoms with Gasteiger partial charge in [0.15, 0.2) is 5.78 Å². The summed E-state index contributed by atoms with van der Waals surface area (Å²) in [5.74, 6) is -0.108. The van der Waals surface area contributed by atoms with Crippen molar-refractivity contribution in [3.05, 3.63) is 22.4 Å². The predicted molar refractivity (Wildman–Crippen MR) is 61.4 cm³/mol. The summed E-state index contributed by atoms with van der Waals surface area (Å²) >= 11 is 4.49. The van der Waals surface area contributed by atoms with Gasteiger partial charge < -0.3 is 10.1 Å². The number of alkyl carbamates (subject to hydrolysis) is 1. The van der Waals surface area contributed by atoms with Gasteiger partial charge in [-0.05, 0) is 11.4 Å². The van der Waals surface area contributed by atoms with E-state index >= 15 is 0 Å². The van der Waals surface area contributed by atoms with E-state index in [2.05, 4.69) is 26.0 Å². The zero-order valence-electron chi connectivity index (χ0n) is 8.03. The van der Waals surface area contributed by atoms with Crippen molar-refractivity contribution >= 4 is 39.1 Å². The largest absolute Gasteiger partial charge is 0.453 e. The molecule has 0 spiro atoms. The first-order chi connectivity index (χ1) is 7.19. The molecule has 4 nitrogen and oxygen atoms in total. The summed E-state index contributed by atoms with van der Waals surface area (Å²) in [6.45, 7) is 0. The minimum absolute atomic E-state index is 0.108. The molecule has 82 valence electrons. The highest BCUT2D eigenvalue weighted by Gasteiger charge is 2.22. The molecule has 6 heteroatoms. The number of halogens is 1. The van der Waals surface area contributed by atoms with Crippen molar-refractivity contribution in [3.8, 4) is 0 Å². The number of alkyl halides is 1. The first-order valence-corrected chi connectivity index (χ1v) is 6.15. The van der Waals surface area contributed by atoms with Crippen LogP contribution in [0.15, 0.2) is 17.5 Å². The Kier molecular flexibility index (Phi) is 4.77. The molecule has 0 bridgehead atoms. The highest BCUT2D eigenvalue weighted by molar-refractivity contribution is 9.09. The van der Waals surface area contributed by atoms with Gasteiger partial charge in [-0.1, -0.05) is 22.0 Å². The Morgan fingerprint density at radius 2 is 2.40 bits per heavy atom. The third kappa shape index (κ3) is 3.32. The van der Waals surface area contributed by atoms with Crippen molar-refractivity contribution in [1.82, 2.24) is 5.32 Å². The number of hydrogen-bond donors (Lipinski definition) is 1. The van der Waals surface area contributed by atoms with E-state index in [0.717, 1.165) is 4.88 Å². The molecule has 0 saturated heterocycles. The smallest absolute Gasteiger partial charge is 0.407 e. The van der Waals surface area contributed by atoms with Crippen molar-refractivity contribution in [3.63, 3.8) is 0 Å². The van der Waals surface area contributed by atoms with Gasteiger partial charge >= 0.3 is 6.09 Å². The molecule has 1 aromatic rings. The highest BCUT2D eigenvalue weighted by Crippen LogP contribution is 2.20. The van der Waals surface area contributed by atoms with Crippen molar-refractivity contribution in [2.45, 2.75) is 6.04 Å². The zero-order chi connectivity index (χ0) is 11.3. The number of Topliss-reactive ketones (excluding diaryl/α,β-unsaturated/α-hetero) is 1. The Hall–Kier alpha value is -0.880. The Labute approximate surface area is 99.8 Å². The van der Waals surface area contributed by atoms with Gasteiger partial charge in [0.2, 0.25) is 0 Å². The molecular weight excluding hydrogens is 282 g/mol. The van der Waals surface area contributed by atoms with E-state index in [4.69, 9.17) is 0 Å². The Morgan fingerprint density at radius 1 is 1.67 bits per heavy atom. The van der Waals surface area contributed by atoms with Gasteiger partial charge in [0.05, 0.1) is 12.4 Å². The number of ketones is 1. The van der Waals surface area contributed by atoms with Crippen LogP contribution in [0, 0.1) is 0 Å². The third-order valence-electron chi connectivity index (χ3n) is 1.73. The van der Waals surface area contributed by atoms with Crippen molar-refractivity contribution in [1.29, 1.82) is 0 Å². The fraction of sp³-hybridized carbons (Fsp3) is 0.333. The molecule has 1 atom stereocenters. The third-order valence-corrected chi connectivity index (χ3v) is 3.22. The number of carbonyl (C=O) groups excluding carboxylic acids is 2. The monoisotopic (exact) mass is 291 g/mol. The Balaban J connectivity index is 2.79. The normalized spacial score (nSPS) is 11.9. The average molecular weight is 292 g/mol. The SMILES string of the molecule is COC(=O)NC(C(=O)CBr)c1cccs1. The van der Waals surface area contributed by atoms with Crippen LogP contribution in [0.2, 0.25) is 0 Å². The maximum atomic E-state index is 11.6. The van der Waals surface area contributed by atoms with Crippen LogP contribution < -0.4 is 5.32 Å². The van der Waals surface area contributed by atoms with Crippen molar-refractivity contribution in [2.75, 3.05) is 12.4 Å². The molecule has 0 radical (unpaired) electrons. The lowest BCUT2D eigenvalue weighted by atomic mass is 10.2. The number of carbonyl (C=O) groups is 2. The predicted octanol–water partition coefficient (Wildman–Crippen LogP) is 2.11. The van der Waals surface area contributed by atoms with Crippen LogP contribution in [0.5, 0.6) is 0 Å². The van der Waals surface area contributed by atoms with Crippen LogP contribution in [0.25, 0.3) is 0 Å². The van der Waals surface area contributed by atoms with Crippen LogP contribution in [0.3, 0.4) is 0 Å². The number of ether oxygens (including phenoxy) is 1. The minimum atomic E-state index is -0.628. The standard InChI is InChI=1S/C9H10BrNO3S/c1-14-9(13)11-8(6(12)5-10)7-3-2-4-15-7/h2-4,8H,5H2,1H3,(H,11,13). The number of hydrogen-bond acceptors (Lipinski definition) is 4. The molecule has 0 fully saturated rings. The fourth-order valence-corrected chi connectivity index (χ4v) is 2.14. The van der Waals surface area contributed by atoms with Gasteiger partial charge in [-0.15, -0.1) is 11.3 Å². The molecule has 0 aliphatic heterocycles. The molecular formula is C9H10BrNO3S. The topological polar surface area (TPSA) is 55.4 Å². The first-order valence-electron chi connectivity index (χ1n) is 4.15. The summed E-state index contributed by atoms with van der Waals surface area (Å²) < 4.78 is 4.46. The first kappa shape index (κ1) is 12.2. The molecule has 1 N–H and O–H groups in total. The summed E-state index contributed by atoms with van der Waals surface area (Å²) in [4.78, 5) is 23.4. The van der Waals surface area contributed by atoms with E-state index in [1.54, 1.807) is 6.07 Å². The second-order valence-corrected chi connectivity index (χ2v) is 4.22. The summed E-state index contributed by atoms with van der Waals surface area (Å²) in [6, 6.07) is 3.00. The second kappa shape index (κ2) is 5.87. The van der Waals surface area contributed by atoms with Crippen LogP contribution in [0.4, 0.5) is 4.79 Å². The summed E-state index contributed by atoms with van der Waals surface area (Å²) in [5, 5.41) is 4.53. The molecule has 0 aliphatic carbocycles. The lowest BCUT2D eigenvalue weighted by Gasteiger charge is -2.13. The van der Waals surface area contributed by atoms with E-state index in [0.29, 0.717) is 0 Å². The highest BCUT2D eigenvalue weighted by atomic mass is 79.9. The number of amides is 1. The molecule has 0 aliphatic rings. The second-order valence-electron chi connectivity index (χ2n) is 2.68. The lowest BCUT2D eigenvalue weighted by Crippen LogP contribution is -2.33. The molecule has 1 rings (SSSR count). The van der Waals surface area contributed by atoms with Crippen LogP contribution in [-0.2, 0) is 9.53 Å². The number of methoxy groups -OCH3 is 1. The van der Waals surface area contributed by atoms with Crippen molar-refractivity contribution < 1.29 is 14.3 Å². The van der Waals surface area contributed by atoms with Crippen LogP contribution in [0.1, 0.15) is 10.9 Å².